The summed E-state index contributed by atoms with van der Waals surface area (Å²) in [5.41, 5.74) is 1.43. The van der Waals surface area contributed by atoms with Crippen LogP contribution in [-0.4, -0.2) is 54.7 Å². The van der Waals surface area contributed by atoms with Gasteiger partial charge in [-0.25, -0.2) is 13.4 Å². The molecule has 0 spiro atoms. The molecule has 0 atom stereocenters. The average molecular weight is 458 g/mol. The fourth-order valence-corrected chi connectivity index (χ4v) is 5.42. The van der Waals surface area contributed by atoms with Crippen LogP contribution in [0.25, 0.3) is 0 Å². The van der Waals surface area contributed by atoms with Crippen LogP contribution in [0, 0.1) is 6.92 Å². The minimum Gasteiger partial charge on any atom is -0.487 e. The number of rotatable bonds is 6. The van der Waals surface area contributed by atoms with Gasteiger partial charge in [0.2, 0.25) is 10.0 Å². The zero-order valence-electron chi connectivity index (χ0n) is 17.1. The molecule has 0 radical (unpaired) electrons. The maximum Gasteiger partial charge on any atom is 0.253 e. The summed E-state index contributed by atoms with van der Waals surface area (Å²) in [6.07, 6.45) is 0. The molecule has 1 amide bonds. The molecule has 4 rings (SSSR count). The van der Waals surface area contributed by atoms with E-state index < -0.39 is 10.0 Å². The minimum absolute atomic E-state index is 0.113. The van der Waals surface area contributed by atoms with Crippen LogP contribution in [0.5, 0.6) is 5.75 Å². The molecular formula is C22H23N3O4S2. The van der Waals surface area contributed by atoms with Crippen molar-refractivity contribution in [2.24, 2.45) is 0 Å². The Morgan fingerprint density at radius 3 is 2.32 bits per heavy atom. The van der Waals surface area contributed by atoms with Gasteiger partial charge in [-0.1, -0.05) is 18.2 Å². The zero-order chi connectivity index (χ0) is 21.8. The second kappa shape index (κ2) is 9.17. The van der Waals surface area contributed by atoms with Crippen LogP contribution in [0.15, 0.2) is 64.9 Å². The maximum absolute atomic E-state index is 12.8. The highest BCUT2D eigenvalue weighted by Crippen LogP contribution is 2.20. The Morgan fingerprint density at radius 2 is 1.71 bits per heavy atom. The number of hydrogen-bond donors (Lipinski definition) is 0. The molecule has 0 unspecified atom stereocenters. The topological polar surface area (TPSA) is 79.8 Å². The van der Waals surface area contributed by atoms with Crippen LogP contribution >= 0.6 is 11.3 Å². The van der Waals surface area contributed by atoms with E-state index in [9.17, 15) is 13.2 Å². The molecule has 0 aliphatic carbocycles. The Morgan fingerprint density at radius 1 is 1.03 bits per heavy atom. The van der Waals surface area contributed by atoms with E-state index in [0.717, 1.165) is 10.7 Å². The van der Waals surface area contributed by atoms with E-state index in [4.69, 9.17) is 4.74 Å². The normalized spacial score (nSPS) is 15.1. The summed E-state index contributed by atoms with van der Waals surface area (Å²) in [5.74, 6) is 0.555. The molecule has 7 nitrogen and oxygen atoms in total. The molecule has 2 heterocycles. The molecule has 0 N–H and O–H groups in total. The van der Waals surface area contributed by atoms with Gasteiger partial charge in [-0.3, -0.25) is 4.79 Å². The van der Waals surface area contributed by atoms with E-state index in [0.29, 0.717) is 31.0 Å². The highest BCUT2D eigenvalue weighted by molar-refractivity contribution is 7.89. The summed E-state index contributed by atoms with van der Waals surface area (Å²) in [6, 6.07) is 15.4. The van der Waals surface area contributed by atoms with E-state index >= 15 is 0 Å². The predicted octanol–water partition coefficient (Wildman–Crippen LogP) is 3.18. The number of aromatic nitrogens is 1. The van der Waals surface area contributed by atoms with Gasteiger partial charge in [-0.05, 0) is 43.3 Å². The van der Waals surface area contributed by atoms with Gasteiger partial charge in [0, 0.05) is 37.1 Å². The lowest BCUT2D eigenvalue weighted by atomic mass is 10.2. The molecule has 1 aliphatic heterocycles. The van der Waals surface area contributed by atoms with Gasteiger partial charge in [-0.15, -0.1) is 11.3 Å². The van der Waals surface area contributed by atoms with E-state index in [2.05, 4.69) is 4.98 Å². The first-order valence-corrected chi connectivity index (χ1v) is 12.2. The van der Waals surface area contributed by atoms with E-state index in [1.807, 2.05) is 12.3 Å². The Bertz CT molecular complexity index is 1140. The van der Waals surface area contributed by atoms with Gasteiger partial charge in [-0.2, -0.15) is 4.31 Å². The third-order valence-corrected chi connectivity index (χ3v) is 7.80. The van der Waals surface area contributed by atoms with Crippen molar-refractivity contribution in [2.45, 2.75) is 18.4 Å². The van der Waals surface area contributed by atoms with Crippen LogP contribution < -0.4 is 4.74 Å². The van der Waals surface area contributed by atoms with Gasteiger partial charge in [0.15, 0.2) is 0 Å². The lowest BCUT2D eigenvalue weighted by Gasteiger charge is -2.34. The Balaban J connectivity index is 1.33. The van der Waals surface area contributed by atoms with Crippen molar-refractivity contribution in [1.29, 1.82) is 0 Å². The Hall–Kier alpha value is -2.75. The fourth-order valence-electron chi connectivity index (χ4n) is 3.38. The minimum atomic E-state index is -3.53. The highest BCUT2D eigenvalue weighted by Gasteiger charge is 2.30. The molecule has 162 valence electrons. The average Bonchev–Trinajstić information content (AvgIpc) is 3.23. The lowest BCUT2D eigenvalue weighted by Crippen LogP contribution is -2.50. The summed E-state index contributed by atoms with van der Waals surface area (Å²) < 4.78 is 32.6. The van der Waals surface area contributed by atoms with Crippen molar-refractivity contribution < 1.29 is 17.9 Å². The Labute approximate surface area is 186 Å². The number of aryl methyl sites for hydroxylation is 1. The number of piperazine rings is 1. The van der Waals surface area contributed by atoms with Crippen LogP contribution in [0.4, 0.5) is 0 Å². The molecule has 0 bridgehead atoms. The summed E-state index contributed by atoms with van der Waals surface area (Å²) in [7, 11) is -3.53. The zero-order valence-corrected chi connectivity index (χ0v) is 18.7. The highest BCUT2D eigenvalue weighted by atomic mass is 32.2. The molecule has 2 aromatic carbocycles. The molecule has 1 aliphatic rings. The smallest absolute Gasteiger partial charge is 0.253 e. The number of carbonyl (C=O) groups is 1. The van der Waals surface area contributed by atoms with Gasteiger partial charge in [0.1, 0.15) is 12.4 Å². The van der Waals surface area contributed by atoms with Crippen molar-refractivity contribution in [3.8, 4) is 5.75 Å². The first-order valence-electron chi connectivity index (χ1n) is 9.92. The van der Waals surface area contributed by atoms with Crippen molar-refractivity contribution in [1.82, 2.24) is 14.2 Å². The molecule has 31 heavy (non-hydrogen) atoms. The number of sulfonamides is 1. The fraction of sp³-hybridized carbons (Fsp3) is 0.273. The van der Waals surface area contributed by atoms with Crippen molar-refractivity contribution in [3.63, 3.8) is 0 Å². The third kappa shape index (κ3) is 4.95. The van der Waals surface area contributed by atoms with Gasteiger partial charge >= 0.3 is 0 Å². The van der Waals surface area contributed by atoms with Gasteiger partial charge in [0.05, 0.1) is 15.6 Å². The van der Waals surface area contributed by atoms with Gasteiger partial charge in [0.25, 0.3) is 5.91 Å². The first-order chi connectivity index (χ1) is 14.9. The first kappa shape index (κ1) is 21.5. The standard InChI is InChI=1S/C22H23N3O4S2/c1-17-23-19(16-30-17)15-29-20-9-7-18(8-10-20)22(26)24-11-13-25(14-12-24)31(27,28)21-5-3-2-4-6-21/h2-10,16H,11-15H2,1H3. The van der Waals surface area contributed by atoms with Crippen LogP contribution in [0.3, 0.4) is 0 Å². The lowest BCUT2D eigenvalue weighted by molar-refractivity contribution is 0.0698. The molecule has 9 heteroatoms. The van der Waals surface area contributed by atoms with Gasteiger partial charge < -0.3 is 9.64 Å². The summed E-state index contributed by atoms with van der Waals surface area (Å²) >= 11 is 1.58. The molecular weight excluding hydrogens is 434 g/mol. The number of ether oxygens (including phenoxy) is 1. The number of thiazole rings is 1. The van der Waals surface area contributed by atoms with Crippen LogP contribution in [0.2, 0.25) is 0 Å². The largest absolute Gasteiger partial charge is 0.487 e. The Kier molecular flexibility index (Phi) is 6.35. The van der Waals surface area contributed by atoms with Crippen molar-refractivity contribution in [2.75, 3.05) is 26.2 Å². The number of hydrogen-bond acceptors (Lipinski definition) is 6. The van der Waals surface area contributed by atoms with Crippen molar-refractivity contribution in [3.05, 3.63) is 76.2 Å². The maximum atomic E-state index is 12.8. The monoisotopic (exact) mass is 457 g/mol. The number of carbonyl (C=O) groups excluding carboxylic acids is 1. The molecule has 0 saturated carbocycles. The summed E-state index contributed by atoms with van der Waals surface area (Å²) in [6.45, 7) is 3.59. The third-order valence-electron chi connectivity index (χ3n) is 5.06. The van der Waals surface area contributed by atoms with Crippen molar-refractivity contribution >= 4 is 27.3 Å². The summed E-state index contributed by atoms with van der Waals surface area (Å²) in [4.78, 5) is 19.2. The summed E-state index contributed by atoms with van der Waals surface area (Å²) in [5, 5.41) is 2.96. The molecule has 3 aromatic rings. The predicted molar refractivity (Wildman–Crippen MR) is 119 cm³/mol. The van der Waals surface area contributed by atoms with Crippen LogP contribution in [-0.2, 0) is 16.6 Å². The molecule has 1 saturated heterocycles. The van der Waals surface area contributed by atoms with E-state index in [1.54, 1.807) is 70.8 Å². The quantitative estimate of drug-likeness (QED) is 0.568. The number of nitrogens with zero attached hydrogens (tertiary/aromatic N) is 3. The second-order valence-corrected chi connectivity index (χ2v) is 10.2. The van der Waals surface area contributed by atoms with Crippen LogP contribution in [0.1, 0.15) is 21.1 Å². The number of amides is 1. The van der Waals surface area contributed by atoms with E-state index in [-0.39, 0.29) is 23.9 Å². The SMILES string of the molecule is Cc1nc(COc2ccc(C(=O)N3CCN(S(=O)(=O)c4ccccc4)CC3)cc2)cs1. The molecule has 1 aromatic heterocycles. The number of benzene rings is 2. The van der Waals surface area contributed by atoms with E-state index in [1.165, 1.54) is 4.31 Å². The second-order valence-electron chi connectivity index (χ2n) is 7.18. The molecule has 1 fully saturated rings.